The number of carbonyl (C=O) groups excluding carboxylic acids is 7. The van der Waals surface area contributed by atoms with Crippen LogP contribution < -0.4 is 41.4 Å². The molecule has 0 unspecified atom stereocenters. The van der Waals surface area contributed by atoms with Crippen molar-refractivity contribution in [1.82, 2.24) is 36.8 Å². The SMILES string of the molecule is C#CCCCNC(=O)CNC(=O)[C@H](C)N(Cc1ccc(OC)cc1OC)C(=O)CNC(=O)[C@H](C)NC(=O)CNC(=O)[C@H](C)NC(=O)CCCN=[N+]=[N-]. The molecule has 284 valence electrons. The Morgan fingerprint density at radius 2 is 1.46 bits per heavy atom. The molecule has 0 spiro atoms. The number of benzene rings is 1. The van der Waals surface area contributed by atoms with Gasteiger partial charge in [0, 0.05) is 42.5 Å². The first-order valence-electron chi connectivity index (χ1n) is 16.4. The third-order valence-electron chi connectivity index (χ3n) is 7.35. The highest BCUT2D eigenvalue weighted by molar-refractivity contribution is 5.94. The van der Waals surface area contributed by atoms with Crippen LogP contribution in [0.25, 0.3) is 10.4 Å². The Balaban J connectivity index is 2.83. The number of methoxy groups -OCH3 is 2. The van der Waals surface area contributed by atoms with Gasteiger partial charge in [-0.3, -0.25) is 33.6 Å². The third kappa shape index (κ3) is 16.6. The lowest BCUT2D eigenvalue weighted by Crippen LogP contribution is -2.53. The van der Waals surface area contributed by atoms with Crippen LogP contribution in [-0.2, 0) is 40.1 Å². The molecule has 0 radical (unpaired) electrons. The van der Waals surface area contributed by atoms with Gasteiger partial charge in [-0.25, -0.2) is 0 Å². The summed E-state index contributed by atoms with van der Waals surface area (Å²) in [5, 5.41) is 18.1. The maximum Gasteiger partial charge on any atom is 0.242 e. The molecule has 7 amide bonds. The number of nitrogens with zero attached hydrogens (tertiary/aromatic N) is 4. The topological polar surface area (TPSA) is 262 Å². The van der Waals surface area contributed by atoms with Gasteiger partial charge in [-0.05, 0) is 51.3 Å². The highest BCUT2D eigenvalue weighted by Gasteiger charge is 2.28. The molecule has 6 N–H and O–H groups in total. The standard InChI is InChI=1S/C33H48N10O9/c1-7-8-9-14-35-28(45)17-37-33(50)23(4)43(20-24-12-13-25(51-5)16-26(24)52-6)30(47)19-38-32(49)22(3)41-29(46)18-36-31(48)21(2)40-27(44)11-10-15-39-42-34/h1,12-13,16,21-23H,8-11,14-15,17-20H2,2-6H3,(H,35,45)(H,36,48)(H,37,50)(H,38,49)(H,40,44)(H,41,46)/t21-,22-,23-/m0/s1. The summed E-state index contributed by atoms with van der Waals surface area (Å²) < 4.78 is 10.7. The molecule has 3 atom stereocenters. The molecule has 0 fully saturated rings. The van der Waals surface area contributed by atoms with Crippen LogP contribution in [0.15, 0.2) is 23.3 Å². The number of carbonyl (C=O) groups is 7. The van der Waals surface area contributed by atoms with E-state index in [2.05, 4.69) is 47.8 Å². The molecule has 19 heteroatoms. The van der Waals surface area contributed by atoms with Crippen molar-refractivity contribution < 1.29 is 43.0 Å². The van der Waals surface area contributed by atoms with Crippen LogP contribution in [0.3, 0.4) is 0 Å². The van der Waals surface area contributed by atoms with Crippen LogP contribution in [-0.4, -0.2) is 111 Å². The van der Waals surface area contributed by atoms with Crippen molar-refractivity contribution in [1.29, 1.82) is 0 Å². The zero-order chi connectivity index (χ0) is 39.1. The lowest BCUT2D eigenvalue weighted by molar-refractivity contribution is -0.141. The van der Waals surface area contributed by atoms with Crippen molar-refractivity contribution in [3.63, 3.8) is 0 Å². The van der Waals surface area contributed by atoms with E-state index in [1.165, 1.54) is 39.9 Å². The van der Waals surface area contributed by atoms with Gasteiger partial charge in [-0.2, -0.15) is 0 Å². The Morgan fingerprint density at radius 3 is 2.08 bits per heavy atom. The van der Waals surface area contributed by atoms with Gasteiger partial charge < -0.3 is 46.3 Å². The first-order chi connectivity index (χ1) is 24.8. The predicted molar refractivity (Wildman–Crippen MR) is 188 cm³/mol. The quantitative estimate of drug-likeness (QED) is 0.0276. The minimum Gasteiger partial charge on any atom is -0.497 e. The van der Waals surface area contributed by atoms with E-state index in [-0.39, 0.29) is 26.1 Å². The molecule has 0 saturated carbocycles. The highest BCUT2D eigenvalue weighted by Crippen LogP contribution is 2.26. The van der Waals surface area contributed by atoms with Crippen LogP contribution in [0.4, 0.5) is 0 Å². The smallest absolute Gasteiger partial charge is 0.242 e. The molecule has 52 heavy (non-hydrogen) atoms. The van der Waals surface area contributed by atoms with Gasteiger partial charge in [-0.1, -0.05) is 5.11 Å². The largest absolute Gasteiger partial charge is 0.497 e. The molecule has 0 aliphatic rings. The predicted octanol–water partition coefficient (Wildman–Crippen LogP) is -0.601. The molecule has 1 aromatic rings. The summed E-state index contributed by atoms with van der Waals surface area (Å²) in [6.45, 7) is 3.22. The molecule has 0 heterocycles. The van der Waals surface area contributed by atoms with Crippen molar-refractivity contribution >= 4 is 41.4 Å². The van der Waals surface area contributed by atoms with E-state index in [0.717, 1.165) is 0 Å². The second-order valence-electron chi connectivity index (χ2n) is 11.3. The van der Waals surface area contributed by atoms with Gasteiger partial charge in [0.05, 0.1) is 40.4 Å². The molecule has 0 aromatic heterocycles. The fourth-order valence-electron chi connectivity index (χ4n) is 4.37. The first kappa shape index (κ1) is 44.0. The van der Waals surface area contributed by atoms with E-state index in [4.69, 9.17) is 21.4 Å². The molecule has 0 bridgehead atoms. The van der Waals surface area contributed by atoms with Gasteiger partial charge in [0.15, 0.2) is 0 Å². The molecule has 0 aliphatic carbocycles. The van der Waals surface area contributed by atoms with E-state index in [1.54, 1.807) is 18.2 Å². The molecule has 19 nitrogen and oxygen atoms in total. The summed E-state index contributed by atoms with van der Waals surface area (Å²) in [4.78, 5) is 92.0. The summed E-state index contributed by atoms with van der Waals surface area (Å²) in [5.74, 6) is -0.911. The number of terminal acetylenes is 1. The van der Waals surface area contributed by atoms with E-state index in [1.807, 2.05) is 0 Å². The summed E-state index contributed by atoms with van der Waals surface area (Å²) in [6, 6.07) is 1.73. The number of hydrogen-bond donors (Lipinski definition) is 6. The van der Waals surface area contributed by atoms with Gasteiger partial charge in [0.25, 0.3) is 0 Å². The normalized spacial score (nSPS) is 11.8. The Hall–Kier alpha value is -6.02. The average Bonchev–Trinajstić information content (AvgIpc) is 3.13. The fourth-order valence-corrected chi connectivity index (χ4v) is 4.37. The zero-order valence-electron chi connectivity index (χ0n) is 30.1. The van der Waals surface area contributed by atoms with Crippen molar-refractivity contribution in [3.8, 4) is 23.8 Å². The molecule has 1 rings (SSSR count). The number of unbranched alkanes of at least 4 members (excludes halogenated alkanes) is 1. The average molecular weight is 729 g/mol. The Kier molecular flexibility index (Phi) is 20.5. The number of rotatable bonds is 23. The lowest BCUT2D eigenvalue weighted by atomic mass is 10.1. The van der Waals surface area contributed by atoms with Crippen LogP contribution in [0.2, 0.25) is 0 Å². The number of nitrogens with one attached hydrogen (secondary N) is 6. The second kappa shape index (κ2) is 24.2. The van der Waals surface area contributed by atoms with Crippen LogP contribution >= 0.6 is 0 Å². The Morgan fingerprint density at radius 1 is 0.846 bits per heavy atom. The third-order valence-corrected chi connectivity index (χ3v) is 7.35. The second-order valence-corrected chi connectivity index (χ2v) is 11.3. The van der Waals surface area contributed by atoms with Gasteiger partial charge in [0.2, 0.25) is 41.4 Å². The van der Waals surface area contributed by atoms with Crippen molar-refractivity contribution in [3.05, 3.63) is 34.2 Å². The summed E-state index contributed by atoms with van der Waals surface area (Å²) in [6.07, 6.45) is 6.62. The minimum absolute atomic E-state index is 0.0409. The molecular weight excluding hydrogens is 680 g/mol. The van der Waals surface area contributed by atoms with Gasteiger partial charge in [0.1, 0.15) is 29.6 Å². The maximum absolute atomic E-state index is 13.5. The summed E-state index contributed by atoms with van der Waals surface area (Å²) in [5.41, 5.74) is 8.80. The van der Waals surface area contributed by atoms with Gasteiger partial charge in [-0.15, -0.1) is 12.3 Å². The summed E-state index contributed by atoms with van der Waals surface area (Å²) in [7, 11) is 2.91. The van der Waals surface area contributed by atoms with Crippen LogP contribution in [0, 0.1) is 12.3 Å². The number of ether oxygens (including phenoxy) is 2. The van der Waals surface area contributed by atoms with Crippen molar-refractivity contribution in [2.75, 3.05) is 46.9 Å². The first-order valence-corrected chi connectivity index (χ1v) is 16.4. The van der Waals surface area contributed by atoms with E-state index >= 15 is 0 Å². The van der Waals surface area contributed by atoms with Crippen molar-refractivity contribution in [2.24, 2.45) is 5.11 Å². The van der Waals surface area contributed by atoms with E-state index in [9.17, 15) is 33.6 Å². The fraction of sp³-hybridized carbons (Fsp3) is 0.545. The Labute approximate surface area is 302 Å². The number of azide groups is 1. The Bertz CT molecular complexity index is 1510. The summed E-state index contributed by atoms with van der Waals surface area (Å²) >= 11 is 0. The number of hydrogen-bond acceptors (Lipinski definition) is 10. The van der Waals surface area contributed by atoms with Crippen LogP contribution in [0.5, 0.6) is 11.5 Å². The van der Waals surface area contributed by atoms with Gasteiger partial charge >= 0.3 is 0 Å². The van der Waals surface area contributed by atoms with E-state index < -0.39 is 72.6 Å². The molecular formula is C33H48N10O9. The highest BCUT2D eigenvalue weighted by atomic mass is 16.5. The zero-order valence-corrected chi connectivity index (χ0v) is 30.1. The molecule has 1 aromatic carbocycles. The minimum atomic E-state index is -1.12. The maximum atomic E-state index is 13.5. The monoisotopic (exact) mass is 728 g/mol. The number of amides is 7. The lowest BCUT2D eigenvalue weighted by Gasteiger charge is -2.29. The van der Waals surface area contributed by atoms with E-state index in [0.29, 0.717) is 42.9 Å². The van der Waals surface area contributed by atoms with Crippen molar-refractivity contribution in [2.45, 2.75) is 71.1 Å². The molecule has 0 saturated heterocycles. The molecule has 0 aliphatic heterocycles. The van der Waals surface area contributed by atoms with Crippen LogP contribution in [0.1, 0.15) is 52.0 Å².